The molecule has 3 heteroatoms. The SMILES string of the molecule is C=CCCC(=O)Cc1ccc(CC(=O)c2ccccc2)o1. The van der Waals surface area contributed by atoms with Gasteiger partial charge in [-0.3, -0.25) is 9.59 Å². The maximum atomic E-state index is 12.0. The smallest absolute Gasteiger partial charge is 0.170 e. The molecule has 0 atom stereocenters. The van der Waals surface area contributed by atoms with Crippen molar-refractivity contribution in [1.82, 2.24) is 0 Å². The van der Waals surface area contributed by atoms with Gasteiger partial charge in [-0.05, 0) is 18.6 Å². The highest BCUT2D eigenvalue weighted by Crippen LogP contribution is 2.13. The van der Waals surface area contributed by atoms with E-state index < -0.39 is 0 Å². The van der Waals surface area contributed by atoms with Gasteiger partial charge in [0.05, 0.1) is 12.8 Å². The molecule has 0 spiro atoms. The normalized spacial score (nSPS) is 10.3. The number of benzene rings is 1. The van der Waals surface area contributed by atoms with Gasteiger partial charge in [0.1, 0.15) is 17.3 Å². The summed E-state index contributed by atoms with van der Waals surface area (Å²) in [6.07, 6.45) is 3.36. The number of rotatable bonds is 8. The van der Waals surface area contributed by atoms with Crippen molar-refractivity contribution >= 4 is 11.6 Å². The van der Waals surface area contributed by atoms with Gasteiger partial charge in [0.2, 0.25) is 0 Å². The average Bonchev–Trinajstić information content (AvgIpc) is 2.93. The van der Waals surface area contributed by atoms with Crippen LogP contribution >= 0.6 is 0 Å². The number of hydrogen-bond acceptors (Lipinski definition) is 3. The minimum atomic E-state index is 0.00878. The van der Waals surface area contributed by atoms with Crippen LogP contribution in [0.2, 0.25) is 0 Å². The first-order chi connectivity index (χ1) is 10.2. The van der Waals surface area contributed by atoms with Gasteiger partial charge >= 0.3 is 0 Å². The fourth-order valence-corrected chi connectivity index (χ4v) is 2.04. The highest BCUT2D eigenvalue weighted by atomic mass is 16.3. The topological polar surface area (TPSA) is 47.3 Å². The van der Waals surface area contributed by atoms with Crippen LogP contribution < -0.4 is 0 Å². The molecule has 108 valence electrons. The van der Waals surface area contributed by atoms with Gasteiger partial charge in [0, 0.05) is 12.0 Å². The van der Waals surface area contributed by atoms with Crippen LogP contribution in [-0.4, -0.2) is 11.6 Å². The Labute approximate surface area is 124 Å². The average molecular weight is 282 g/mol. The summed E-state index contributed by atoms with van der Waals surface area (Å²) < 4.78 is 5.56. The summed E-state index contributed by atoms with van der Waals surface area (Å²) >= 11 is 0. The van der Waals surface area contributed by atoms with E-state index in [4.69, 9.17) is 4.42 Å². The molecular weight excluding hydrogens is 264 g/mol. The molecule has 0 bridgehead atoms. The van der Waals surface area contributed by atoms with E-state index in [1.807, 2.05) is 18.2 Å². The van der Waals surface area contributed by atoms with Gasteiger partial charge in [-0.25, -0.2) is 0 Å². The molecule has 0 aliphatic carbocycles. The second kappa shape index (κ2) is 7.39. The molecule has 2 rings (SSSR count). The number of furan rings is 1. The Bertz CT molecular complexity index is 623. The molecule has 3 nitrogen and oxygen atoms in total. The third-order valence-electron chi connectivity index (χ3n) is 3.15. The molecule has 0 amide bonds. The summed E-state index contributed by atoms with van der Waals surface area (Å²) in [7, 11) is 0. The Hall–Kier alpha value is -2.42. The molecule has 2 aromatic rings. The quantitative estimate of drug-likeness (QED) is 0.547. The number of Topliss-reactive ketones (excluding diaryl/α,β-unsaturated/α-hetero) is 2. The zero-order valence-electron chi connectivity index (χ0n) is 11.9. The van der Waals surface area contributed by atoms with Crippen molar-refractivity contribution in [3.8, 4) is 0 Å². The molecule has 1 aromatic heterocycles. The standard InChI is InChI=1S/C18H18O3/c1-2-3-9-15(19)12-16-10-11-17(21-16)13-18(20)14-7-5-4-6-8-14/h2,4-8,10-11H,1,3,9,12-13H2. The molecule has 1 aromatic carbocycles. The van der Waals surface area contributed by atoms with E-state index in [9.17, 15) is 9.59 Å². The molecule has 0 saturated carbocycles. The van der Waals surface area contributed by atoms with E-state index in [2.05, 4.69) is 6.58 Å². The molecular formula is C18H18O3. The summed E-state index contributed by atoms with van der Waals surface area (Å²) in [6, 6.07) is 12.6. The predicted molar refractivity (Wildman–Crippen MR) is 81.3 cm³/mol. The first-order valence-corrected chi connectivity index (χ1v) is 6.97. The lowest BCUT2D eigenvalue weighted by Gasteiger charge is -1.99. The summed E-state index contributed by atoms with van der Waals surface area (Å²) in [4.78, 5) is 23.7. The Morgan fingerprint density at radius 3 is 2.33 bits per heavy atom. The van der Waals surface area contributed by atoms with Crippen LogP contribution in [0.3, 0.4) is 0 Å². The first kappa shape index (κ1) is 15.0. The maximum Gasteiger partial charge on any atom is 0.170 e. The number of carbonyl (C=O) groups is 2. The number of allylic oxidation sites excluding steroid dienone is 1. The highest BCUT2D eigenvalue weighted by Gasteiger charge is 2.11. The number of ketones is 2. The Morgan fingerprint density at radius 2 is 1.67 bits per heavy atom. The predicted octanol–water partition coefficient (Wildman–Crippen LogP) is 3.78. The lowest BCUT2D eigenvalue weighted by atomic mass is 10.1. The largest absolute Gasteiger partial charge is 0.465 e. The Balaban J connectivity index is 1.92. The molecule has 21 heavy (non-hydrogen) atoms. The van der Waals surface area contributed by atoms with Crippen molar-refractivity contribution in [2.75, 3.05) is 0 Å². The van der Waals surface area contributed by atoms with Crippen molar-refractivity contribution in [1.29, 1.82) is 0 Å². The lowest BCUT2D eigenvalue weighted by molar-refractivity contribution is -0.118. The Kier molecular flexibility index (Phi) is 5.27. The zero-order valence-corrected chi connectivity index (χ0v) is 11.9. The molecule has 0 N–H and O–H groups in total. The van der Waals surface area contributed by atoms with E-state index in [1.54, 1.807) is 30.3 Å². The lowest BCUT2D eigenvalue weighted by Crippen LogP contribution is -2.02. The monoisotopic (exact) mass is 282 g/mol. The fraction of sp³-hybridized carbons (Fsp3) is 0.222. The second-order valence-electron chi connectivity index (χ2n) is 4.88. The van der Waals surface area contributed by atoms with Gasteiger partial charge in [-0.15, -0.1) is 6.58 Å². The maximum absolute atomic E-state index is 12.0. The van der Waals surface area contributed by atoms with Gasteiger partial charge in [0.15, 0.2) is 5.78 Å². The minimum absolute atomic E-state index is 0.00878. The molecule has 0 unspecified atom stereocenters. The van der Waals surface area contributed by atoms with Gasteiger partial charge < -0.3 is 4.42 Å². The third-order valence-corrected chi connectivity index (χ3v) is 3.15. The van der Waals surface area contributed by atoms with E-state index in [0.717, 1.165) is 0 Å². The van der Waals surface area contributed by atoms with Crippen LogP contribution in [-0.2, 0) is 17.6 Å². The summed E-state index contributed by atoms with van der Waals surface area (Å²) in [5, 5.41) is 0. The van der Waals surface area contributed by atoms with Crippen molar-refractivity contribution in [2.45, 2.75) is 25.7 Å². The van der Waals surface area contributed by atoms with Crippen LogP contribution in [0.1, 0.15) is 34.7 Å². The molecule has 0 radical (unpaired) electrons. The van der Waals surface area contributed by atoms with Crippen LogP contribution in [0.4, 0.5) is 0 Å². The molecule has 0 aliphatic heterocycles. The molecule has 0 saturated heterocycles. The van der Waals surface area contributed by atoms with E-state index in [0.29, 0.717) is 29.9 Å². The van der Waals surface area contributed by atoms with Gasteiger partial charge in [-0.2, -0.15) is 0 Å². The summed E-state index contributed by atoms with van der Waals surface area (Å²) in [6.45, 7) is 3.59. The van der Waals surface area contributed by atoms with Crippen molar-refractivity contribution in [2.24, 2.45) is 0 Å². The Morgan fingerprint density at radius 1 is 1.00 bits per heavy atom. The second-order valence-corrected chi connectivity index (χ2v) is 4.88. The minimum Gasteiger partial charge on any atom is -0.465 e. The van der Waals surface area contributed by atoms with E-state index in [1.165, 1.54) is 0 Å². The van der Waals surface area contributed by atoms with Gasteiger partial charge in [0.25, 0.3) is 0 Å². The third kappa shape index (κ3) is 4.56. The summed E-state index contributed by atoms with van der Waals surface area (Å²) in [5.74, 6) is 1.33. The zero-order chi connectivity index (χ0) is 15.1. The van der Waals surface area contributed by atoms with Crippen LogP contribution in [0, 0.1) is 0 Å². The van der Waals surface area contributed by atoms with E-state index >= 15 is 0 Å². The first-order valence-electron chi connectivity index (χ1n) is 6.97. The van der Waals surface area contributed by atoms with Crippen molar-refractivity contribution in [3.05, 3.63) is 72.2 Å². The van der Waals surface area contributed by atoms with Crippen LogP contribution in [0.5, 0.6) is 0 Å². The molecule has 1 heterocycles. The number of carbonyl (C=O) groups excluding carboxylic acids is 2. The summed E-state index contributed by atoms with van der Waals surface area (Å²) in [5.41, 5.74) is 0.664. The molecule has 0 aliphatic rings. The van der Waals surface area contributed by atoms with Crippen LogP contribution in [0.15, 0.2) is 59.5 Å². The van der Waals surface area contributed by atoms with Crippen molar-refractivity contribution in [3.63, 3.8) is 0 Å². The van der Waals surface area contributed by atoms with E-state index in [-0.39, 0.29) is 24.4 Å². The fourth-order valence-electron chi connectivity index (χ4n) is 2.04. The van der Waals surface area contributed by atoms with Crippen molar-refractivity contribution < 1.29 is 14.0 Å². The highest BCUT2D eigenvalue weighted by molar-refractivity contribution is 5.97. The van der Waals surface area contributed by atoms with Gasteiger partial charge in [-0.1, -0.05) is 36.4 Å². The molecule has 0 fully saturated rings. The number of hydrogen-bond donors (Lipinski definition) is 0. The van der Waals surface area contributed by atoms with Crippen LogP contribution in [0.25, 0.3) is 0 Å².